The third-order valence-electron chi connectivity index (χ3n) is 3.87. The van der Waals surface area contributed by atoms with Crippen molar-refractivity contribution in [3.8, 4) is 29.1 Å². The highest BCUT2D eigenvalue weighted by Crippen LogP contribution is 2.38. The Labute approximate surface area is 160 Å². The number of nitrogens with one attached hydrogen (secondary N) is 1. The van der Waals surface area contributed by atoms with E-state index in [-0.39, 0.29) is 12.5 Å². The summed E-state index contributed by atoms with van der Waals surface area (Å²) in [5, 5.41) is 2.78. The van der Waals surface area contributed by atoms with Gasteiger partial charge in [-0.2, -0.15) is 0 Å². The van der Waals surface area contributed by atoms with Crippen LogP contribution in [0.15, 0.2) is 36.4 Å². The predicted molar refractivity (Wildman–Crippen MR) is 106 cm³/mol. The summed E-state index contributed by atoms with van der Waals surface area (Å²) in [6, 6.07) is 11.1. The van der Waals surface area contributed by atoms with E-state index in [1.54, 1.807) is 12.1 Å². The van der Waals surface area contributed by atoms with Crippen LogP contribution >= 0.6 is 0 Å². The molecule has 0 aliphatic rings. The van der Waals surface area contributed by atoms with Gasteiger partial charge in [-0.15, -0.1) is 0 Å². The van der Waals surface area contributed by atoms with E-state index < -0.39 is 0 Å². The fourth-order valence-electron chi connectivity index (χ4n) is 2.55. The van der Waals surface area contributed by atoms with Crippen molar-refractivity contribution in [2.75, 3.05) is 46.9 Å². The molecule has 0 saturated carbocycles. The number of anilines is 1. The maximum absolute atomic E-state index is 12.4. The zero-order valence-corrected chi connectivity index (χ0v) is 16.3. The van der Waals surface area contributed by atoms with Crippen molar-refractivity contribution in [1.29, 1.82) is 0 Å². The second kappa shape index (κ2) is 9.39. The lowest BCUT2D eigenvalue weighted by molar-refractivity contribution is 0.0958. The van der Waals surface area contributed by atoms with Crippen molar-refractivity contribution in [3.05, 3.63) is 47.5 Å². The number of methoxy groups -OCH3 is 3. The van der Waals surface area contributed by atoms with E-state index >= 15 is 0 Å². The van der Waals surface area contributed by atoms with Gasteiger partial charge in [-0.3, -0.25) is 4.79 Å². The quantitative estimate of drug-likeness (QED) is 0.794. The Balaban J connectivity index is 2.12. The molecule has 0 atom stereocenters. The van der Waals surface area contributed by atoms with Crippen LogP contribution in [0.4, 0.5) is 5.69 Å². The molecule has 6 heteroatoms. The Morgan fingerprint density at radius 3 is 2.22 bits per heavy atom. The van der Waals surface area contributed by atoms with Gasteiger partial charge in [0.1, 0.15) is 0 Å². The molecule has 0 unspecified atom stereocenters. The number of benzene rings is 2. The number of rotatable bonds is 6. The minimum atomic E-state index is -0.274. The van der Waals surface area contributed by atoms with Crippen LogP contribution in [0.3, 0.4) is 0 Å². The van der Waals surface area contributed by atoms with Gasteiger partial charge in [0.05, 0.1) is 33.6 Å². The summed E-state index contributed by atoms with van der Waals surface area (Å²) >= 11 is 0. The van der Waals surface area contributed by atoms with Crippen molar-refractivity contribution >= 4 is 11.6 Å². The average Bonchev–Trinajstić information content (AvgIpc) is 2.69. The van der Waals surface area contributed by atoms with Gasteiger partial charge >= 0.3 is 0 Å². The molecule has 0 fully saturated rings. The Hall–Kier alpha value is -3.33. The highest BCUT2D eigenvalue weighted by atomic mass is 16.5. The monoisotopic (exact) mass is 368 g/mol. The molecule has 0 saturated heterocycles. The Bertz CT molecular complexity index is 841. The smallest absolute Gasteiger partial charge is 0.252 e. The summed E-state index contributed by atoms with van der Waals surface area (Å²) in [5.41, 5.74) is 2.34. The molecule has 1 N–H and O–H groups in total. The number of hydrogen-bond donors (Lipinski definition) is 1. The van der Waals surface area contributed by atoms with E-state index in [0.717, 1.165) is 11.3 Å². The normalized spacial score (nSPS) is 9.67. The highest BCUT2D eigenvalue weighted by Gasteiger charge is 2.16. The molecular weight excluding hydrogens is 344 g/mol. The Morgan fingerprint density at radius 1 is 1.04 bits per heavy atom. The summed E-state index contributed by atoms with van der Waals surface area (Å²) in [4.78, 5) is 14.4. The zero-order chi connectivity index (χ0) is 19.8. The first-order chi connectivity index (χ1) is 13.0. The molecule has 2 aromatic rings. The maximum atomic E-state index is 12.4. The lowest BCUT2D eigenvalue weighted by atomic mass is 10.1. The number of carbonyl (C=O) groups excluding carboxylic acids is 1. The van der Waals surface area contributed by atoms with Crippen molar-refractivity contribution in [1.82, 2.24) is 5.32 Å². The lowest BCUT2D eigenvalue weighted by Gasteiger charge is -2.14. The largest absolute Gasteiger partial charge is 0.493 e. The molecule has 6 nitrogen and oxygen atoms in total. The van der Waals surface area contributed by atoms with Gasteiger partial charge in [0.25, 0.3) is 5.91 Å². The molecule has 2 aromatic carbocycles. The summed E-state index contributed by atoms with van der Waals surface area (Å²) < 4.78 is 15.8. The lowest BCUT2D eigenvalue weighted by Crippen LogP contribution is -2.23. The number of para-hydroxylation sites is 1. The summed E-state index contributed by atoms with van der Waals surface area (Å²) in [5.74, 6) is 7.09. The van der Waals surface area contributed by atoms with Crippen molar-refractivity contribution < 1.29 is 19.0 Å². The van der Waals surface area contributed by atoms with Gasteiger partial charge in [0, 0.05) is 25.2 Å². The molecule has 0 heterocycles. The molecule has 0 aliphatic heterocycles. The van der Waals surface area contributed by atoms with Crippen LogP contribution in [0, 0.1) is 11.8 Å². The SMILES string of the molecule is COc1cc(C(=O)NCC#Cc2ccccc2N(C)C)cc(OC)c1OC. The number of ether oxygens (including phenoxy) is 3. The number of hydrogen-bond acceptors (Lipinski definition) is 5. The van der Waals surface area contributed by atoms with Crippen LogP contribution in [-0.4, -0.2) is 47.9 Å². The maximum Gasteiger partial charge on any atom is 0.252 e. The zero-order valence-electron chi connectivity index (χ0n) is 16.3. The second-order valence-corrected chi connectivity index (χ2v) is 5.81. The third-order valence-corrected chi connectivity index (χ3v) is 3.87. The van der Waals surface area contributed by atoms with E-state index in [9.17, 15) is 4.79 Å². The van der Waals surface area contributed by atoms with Crippen molar-refractivity contribution in [2.24, 2.45) is 0 Å². The molecule has 27 heavy (non-hydrogen) atoms. The van der Waals surface area contributed by atoms with Crippen LogP contribution < -0.4 is 24.4 Å². The van der Waals surface area contributed by atoms with E-state index in [4.69, 9.17) is 14.2 Å². The topological polar surface area (TPSA) is 60.0 Å². The Kier molecular flexibility index (Phi) is 6.95. The molecule has 0 radical (unpaired) electrons. The van der Waals surface area contributed by atoms with Crippen LogP contribution in [0.5, 0.6) is 17.2 Å². The first kappa shape index (κ1) is 20.0. The third kappa shape index (κ3) is 4.85. The highest BCUT2D eigenvalue weighted by molar-refractivity contribution is 5.95. The van der Waals surface area contributed by atoms with Crippen LogP contribution in [0.2, 0.25) is 0 Å². The number of carbonyl (C=O) groups is 1. The van der Waals surface area contributed by atoms with Gasteiger partial charge in [0.2, 0.25) is 5.75 Å². The standard InChI is InChI=1S/C21H24N2O4/c1-23(2)17-11-7-6-9-15(17)10-8-12-22-21(24)16-13-18(25-3)20(27-5)19(14-16)26-4/h6-7,9,11,13-14H,12H2,1-5H3,(H,22,24). The second-order valence-electron chi connectivity index (χ2n) is 5.81. The van der Waals surface area contributed by atoms with E-state index in [1.807, 2.05) is 43.3 Å². The van der Waals surface area contributed by atoms with E-state index in [2.05, 4.69) is 17.2 Å². The molecule has 1 amide bonds. The number of amides is 1. The van der Waals surface area contributed by atoms with E-state index in [0.29, 0.717) is 22.8 Å². The van der Waals surface area contributed by atoms with Crippen molar-refractivity contribution in [3.63, 3.8) is 0 Å². The van der Waals surface area contributed by atoms with Crippen LogP contribution in [-0.2, 0) is 0 Å². The molecule has 0 aliphatic carbocycles. The van der Waals surface area contributed by atoms with E-state index in [1.165, 1.54) is 21.3 Å². The first-order valence-corrected chi connectivity index (χ1v) is 8.35. The van der Waals surface area contributed by atoms with Crippen LogP contribution in [0.25, 0.3) is 0 Å². The summed E-state index contributed by atoms with van der Waals surface area (Å²) in [6.07, 6.45) is 0. The molecule has 142 valence electrons. The molecule has 2 rings (SSSR count). The Morgan fingerprint density at radius 2 is 1.67 bits per heavy atom. The van der Waals surface area contributed by atoms with Crippen molar-refractivity contribution in [2.45, 2.75) is 0 Å². The fraction of sp³-hybridized carbons (Fsp3) is 0.286. The summed E-state index contributed by atoms with van der Waals surface area (Å²) in [7, 11) is 8.46. The van der Waals surface area contributed by atoms with Gasteiger partial charge in [0.15, 0.2) is 11.5 Å². The molecule has 0 aromatic heterocycles. The minimum Gasteiger partial charge on any atom is -0.493 e. The molecule has 0 bridgehead atoms. The summed E-state index contributed by atoms with van der Waals surface area (Å²) in [6.45, 7) is 0.220. The predicted octanol–water partition coefficient (Wildman–Crippen LogP) is 2.56. The molecular formula is C21H24N2O4. The van der Waals surface area contributed by atoms with Crippen LogP contribution in [0.1, 0.15) is 15.9 Å². The van der Waals surface area contributed by atoms with Gasteiger partial charge < -0.3 is 24.4 Å². The van der Waals surface area contributed by atoms with Gasteiger partial charge in [-0.1, -0.05) is 24.0 Å². The minimum absolute atomic E-state index is 0.220. The molecule has 0 spiro atoms. The number of nitrogens with zero attached hydrogens (tertiary/aromatic N) is 1. The fourth-order valence-corrected chi connectivity index (χ4v) is 2.55. The first-order valence-electron chi connectivity index (χ1n) is 8.35. The van der Waals surface area contributed by atoms with Gasteiger partial charge in [-0.05, 0) is 24.3 Å². The average molecular weight is 368 g/mol. The van der Waals surface area contributed by atoms with Gasteiger partial charge in [-0.25, -0.2) is 0 Å².